The predicted molar refractivity (Wildman–Crippen MR) is 55.4 cm³/mol. The van der Waals surface area contributed by atoms with Crippen molar-refractivity contribution in [3.63, 3.8) is 0 Å². The Morgan fingerprint density at radius 2 is 2.31 bits per heavy atom. The average molecular weight is 261 g/mol. The lowest BCUT2D eigenvalue weighted by Gasteiger charge is -2.07. The van der Waals surface area contributed by atoms with Crippen LogP contribution in [0.1, 0.15) is 11.1 Å². The molecule has 0 aromatic heterocycles. The highest BCUT2D eigenvalue weighted by Crippen LogP contribution is 2.31. The van der Waals surface area contributed by atoms with E-state index in [0.717, 1.165) is 5.56 Å². The molecule has 0 spiro atoms. The molecule has 13 heavy (non-hydrogen) atoms. The number of hydrogen-bond acceptors (Lipinski definition) is 2. The van der Waals surface area contributed by atoms with Gasteiger partial charge in [-0.2, -0.15) is 5.26 Å². The molecule has 0 heterocycles. The molecule has 1 aromatic carbocycles. The highest BCUT2D eigenvalue weighted by molar-refractivity contribution is 9.08. The molecule has 68 valence electrons. The fourth-order valence-electron chi connectivity index (χ4n) is 0.993. The van der Waals surface area contributed by atoms with Crippen molar-refractivity contribution in [2.45, 2.75) is 5.33 Å². The molecular weight excluding hydrogens is 253 g/mol. The SMILES string of the molecule is COc1ccc(C#N)c(CBr)c1Cl. The number of halogens is 2. The van der Waals surface area contributed by atoms with Crippen LogP contribution in [0, 0.1) is 11.3 Å². The van der Waals surface area contributed by atoms with Crippen LogP contribution in [0.5, 0.6) is 5.75 Å². The summed E-state index contributed by atoms with van der Waals surface area (Å²) in [5.74, 6) is 0.593. The van der Waals surface area contributed by atoms with Crippen molar-refractivity contribution in [1.82, 2.24) is 0 Å². The van der Waals surface area contributed by atoms with Crippen LogP contribution in [0.4, 0.5) is 0 Å². The number of nitrogens with zero attached hydrogens (tertiary/aromatic N) is 1. The lowest BCUT2D eigenvalue weighted by molar-refractivity contribution is 0.414. The van der Waals surface area contributed by atoms with E-state index in [1.165, 1.54) is 0 Å². The molecule has 0 atom stereocenters. The normalized spacial score (nSPS) is 9.38. The molecule has 0 amide bonds. The van der Waals surface area contributed by atoms with Crippen LogP contribution in [0.25, 0.3) is 0 Å². The Morgan fingerprint density at radius 1 is 1.62 bits per heavy atom. The van der Waals surface area contributed by atoms with Crippen LogP contribution < -0.4 is 4.74 Å². The Morgan fingerprint density at radius 3 is 2.77 bits per heavy atom. The maximum atomic E-state index is 8.77. The van der Waals surface area contributed by atoms with Crippen molar-refractivity contribution in [2.75, 3.05) is 7.11 Å². The molecule has 0 aliphatic carbocycles. The van der Waals surface area contributed by atoms with Gasteiger partial charge >= 0.3 is 0 Å². The number of nitriles is 1. The first-order valence-corrected chi connectivity index (χ1v) is 5.06. The summed E-state index contributed by atoms with van der Waals surface area (Å²) in [6.45, 7) is 0. The van der Waals surface area contributed by atoms with Gasteiger partial charge in [-0.25, -0.2) is 0 Å². The maximum absolute atomic E-state index is 8.77. The zero-order chi connectivity index (χ0) is 9.84. The largest absolute Gasteiger partial charge is 0.495 e. The van der Waals surface area contributed by atoms with Gasteiger partial charge in [0.2, 0.25) is 0 Å². The smallest absolute Gasteiger partial charge is 0.137 e. The van der Waals surface area contributed by atoms with E-state index >= 15 is 0 Å². The van der Waals surface area contributed by atoms with Gasteiger partial charge < -0.3 is 4.74 Å². The number of benzene rings is 1. The van der Waals surface area contributed by atoms with Gasteiger partial charge in [0.15, 0.2) is 0 Å². The van der Waals surface area contributed by atoms with E-state index in [1.54, 1.807) is 19.2 Å². The zero-order valence-electron chi connectivity index (χ0n) is 6.97. The maximum Gasteiger partial charge on any atom is 0.137 e. The van der Waals surface area contributed by atoms with Crippen LogP contribution in [0.15, 0.2) is 12.1 Å². The Balaban J connectivity index is 3.34. The standard InChI is InChI=1S/C9H7BrClNO/c1-13-8-3-2-6(5-12)7(4-10)9(8)11/h2-3H,4H2,1H3. The van der Waals surface area contributed by atoms with E-state index in [1.807, 2.05) is 0 Å². The summed E-state index contributed by atoms with van der Waals surface area (Å²) in [6, 6.07) is 5.45. The summed E-state index contributed by atoms with van der Waals surface area (Å²) >= 11 is 9.26. The quantitative estimate of drug-likeness (QED) is 0.766. The topological polar surface area (TPSA) is 33.0 Å². The van der Waals surface area contributed by atoms with Gasteiger partial charge in [0, 0.05) is 10.9 Å². The molecule has 0 bridgehead atoms. The highest BCUT2D eigenvalue weighted by Gasteiger charge is 2.10. The van der Waals surface area contributed by atoms with Crippen LogP contribution in [-0.2, 0) is 5.33 Å². The molecule has 0 saturated heterocycles. The summed E-state index contributed by atoms with van der Waals surface area (Å²) in [5, 5.41) is 9.81. The van der Waals surface area contributed by atoms with Gasteiger partial charge in [-0.05, 0) is 12.1 Å². The Labute approximate surface area is 90.2 Å². The Kier molecular flexibility index (Phi) is 3.58. The van der Waals surface area contributed by atoms with E-state index in [0.29, 0.717) is 21.7 Å². The van der Waals surface area contributed by atoms with Gasteiger partial charge in [0.05, 0.1) is 23.8 Å². The second kappa shape index (κ2) is 4.50. The van der Waals surface area contributed by atoms with Crippen molar-refractivity contribution < 1.29 is 4.74 Å². The van der Waals surface area contributed by atoms with Crippen molar-refractivity contribution in [1.29, 1.82) is 5.26 Å². The van der Waals surface area contributed by atoms with Gasteiger partial charge in [-0.3, -0.25) is 0 Å². The molecule has 0 aliphatic rings. The third-order valence-corrected chi connectivity index (χ3v) is 2.66. The van der Waals surface area contributed by atoms with Crippen molar-refractivity contribution in [3.8, 4) is 11.8 Å². The minimum Gasteiger partial charge on any atom is -0.495 e. The number of ether oxygens (including phenoxy) is 1. The summed E-state index contributed by atoms with van der Waals surface area (Å²) in [6.07, 6.45) is 0. The summed E-state index contributed by atoms with van der Waals surface area (Å²) in [7, 11) is 1.55. The Hall–Kier alpha value is -0.720. The molecule has 2 nitrogen and oxygen atoms in total. The Bertz CT molecular complexity index is 359. The third kappa shape index (κ3) is 1.96. The van der Waals surface area contributed by atoms with Gasteiger partial charge in [-0.1, -0.05) is 27.5 Å². The molecule has 4 heteroatoms. The van der Waals surface area contributed by atoms with E-state index in [4.69, 9.17) is 21.6 Å². The van der Waals surface area contributed by atoms with Crippen molar-refractivity contribution in [3.05, 3.63) is 28.3 Å². The predicted octanol–water partition coefficient (Wildman–Crippen LogP) is 3.12. The molecule has 0 unspecified atom stereocenters. The fraction of sp³-hybridized carbons (Fsp3) is 0.222. The number of hydrogen-bond donors (Lipinski definition) is 0. The lowest BCUT2D eigenvalue weighted by atomic mass is 10.1. The molecule has 0 N–H and O–H groups in total. The third-order valence-electron chi connectivity index (χ3n) is 1.68. The van der Waals surface area contributed by atoms with E-state index < -0.39 is 0 Å². The summed E-state index contributed by atoms with van der Waals surface area (Å²) in [4.78, 5) is 0. The van der Waals surface area contributed by atoms with Gasteiger partial charge in [0.1, 0.15) is 5.75 Å². The molecule has 0 radical (unpaired) electrons. The number of alkyl halides is 1. The van der Waals surface area contributed by atoms with E-state index in [9.17, 15) is 0 Å². The number of methoxy groups -OCH3 is 1. The van der Waals surface area contributed by atoms with E-state index in [-0.39, 0.29) is 0 Å². The van der Waals surface area contributed by atoms with Crippen LogP contribution in [-0.4, -0.2) is 7.11 Å². The van der Waals surface area contributed by atoms with Crippen molar-refractivity contribution in [2.24, 2.45) is 0 Å². The van der Waals surface area contributed by atoms with Crippen LogP contribution in [0.2, 0.25) is 5.02 Å². The summed E-state index contributed by atoms with van der Waals surface area (Å²) < 4.78 is 5.02. The molecule has 0 aliphatic heterocycles. The van der Waals surface area contributed by atoms with E-state index in [2.05, 4.69) is 22.0 Å². The summed E-state index contributed by atoms with van der Waals surface area (Å²) in [5.41, 5.74) is 1.34. The zero-order valence-corrected chi connectivity index (χ0v) is 9.32. The first-order chi connectivity index (χ1) is 6.24. The lowest BCUT2D eigenvalue weighted by Crippen LogP contribution is -1.91. The molecule has 0 fully saturated rings. The average Bonchev–Trinajstić information content (AvgIpc) is 2.17. The monoisotopic (exact) mass is 259 g/mol. The van der Waals surface area contributed by atoms with Crippen LogP contribution in [0.3, 0.4) is 0 Å². The van der Waals surface area contributed by atoms with Gasteiger partial charge in [-0.15, -0.1) is 0 Å². The first-order valence-electron chi connectivity index (χ1n) is 3.56. The fourth-order valence-corrected chi connectivity index (χ4v) is 2.05. The molecule has 1 rings (SSSR count). The molecule has 0 saturated carbocycles. The second-order valence-corrected chi connectivity index (χ2v) is 3.29. The molecular formula is C9H7BrClNO. The molecule has 1 aromatic rings. The van der Waals surface area contributed by atoms with Gasteiger partial charge in [0.25, 0.3) is 0 Å². The van der Waals surface area contributed by atoms with Crippen molar-refractivity contribution >= 4 is 27.5 Å². The second-order valence-electron chi connectivity index (χ2n) is 2.35. The highest BCUT2D eigenvalue weighted by atomic mass is 79.9. The minimum atomic E-state index is 0.499. The first kappa shape index (κ1) is 10.4. The van der Waals surface area contributed by atoms with Crippen LogP contribution >= 0.6 is 27.5 Å². The minimum absolute atomic E-state index is 0.499. The number of rotatable bonds is 2.